The predicted octanol–water partition coefficient (Wildman–Crippen LogP) is 3.63. The minimum absolute atomic E-state index is 0.838. The third-order valence-electron chi connectivity index (χ3n) is 2.16. The minimum atomic E-state index is 0.838. The van der Waals surface area contributed by atoms with Crippen molar-refractivity contribution in [1.82, 2.24) is 0 Å². The van der Waals surface area contributed by atoms with Gasteiger partial charge in [0.15, 0.2) is 0 Å². The van der Waals surface area contributed by atoms with Crippen molar-refractivity contribution in [3.8, 4) is 0 Å². The molecule has 0 aromatic rings. The molecule has 0 fully saturated rings. The molecule has 60 valence electrons. The van der Waals surface area contributed by atoms with Gasteiger partial charge in [-0.05, 0) is 31.6 Å². The van der Waals surface area contributed by atoms with Crippen molar-refractivity contribution < 1.29 is 0 Å². The summed E-state index contributed by atoms with van der Waals surface area (Å²) in [5.41, 5.74) is 0. The SMILES string of the molecule is CC=CCCC(C)C(C)C. The fraction of sp³-hybridized carbons (Fsp3) is 0.800. The van der Waals surface area contributed by atoms with Crippen LogP contribution in [0.15, 0.2) is 12.2 Å². The Hall–Kier alpha value is -0.260. The number of rotatable bonds is 4. The highest BCUT2D eigenvalue weighted by molar-refractivity contribution is 4.77. The van der Waals surface area contributed by atoms with E-state index in [2.05, 4.69) is 39.8 Å². The van der Waals surface area contributed by atoms with E-state index in [1.54, 1.807) is 0 Å². The molecule has 0 rings (SSSR count). The fourth-order valence-electron chi connectivity index (χ4n) is 0.859. The van der Waals surface area contributed by atoms with Crippen LogP contribution in [0.5, 0.6) is 0 Å². The quantitative estimate of drug-likeness (QED) is 0.523. The Balaban J connectivity index is 3.30. The van der Waals surface area contributed by atoms with E-state index in [0.717, 1.165) is 11.8 Å². The second-order valence-corrected chi connectivity index (χ2v) is 3.37. The van der Waals surface area contributed by atoms with Gasteiger partial charge in [-0.15, -0.1) is 0 Å². The highest BCUT2D eigenvalue weighted by atomic mass is 14.1. The average Bonchev–Trinajstić information content (AvgIpc) is 1.88. The molecule has 0 saturated carbocycles. The summed E-state index contributed by atoms with van der Waals surface area (Å²) in [5, 5.41) is 0. The van der Waals surface area contributed by atoms with Crippen LogP contribution in [0.4, 0.5) is 0 Å². The third kappa shape index (κ3) is 4.60. The van der Waals surface area contributed by atoms with Crippen LogP contribution >= 0.6 is 0 Å². The van der Waals surface area contributed by atoms with E-state index in [1.165, 1.54) is 12.8 Å². The lowest BCUT2D eigenvalue weighted by molar-refractivity contribution is 0.395. The first-order chi connectivity index (χ1) is 4.68. The highest BCUT2D eigenvalue weighted by Crippen LogP contribution is 2.15. The van der Waals surface area contributed by atoms with Gasteiger partial charge < -0.3 is 0 Å². The lowest BCUT2D eigenvalue weighted by atomic mass is 9.93. The van der Waals surface area contributed by atoms with Gasteiger partial charge >= 0.3 is 0 Å². The van der Waals surface area contributed by atoms with Gasteiger partial charge in [-0.1, -0.05) is 32.9 Å². The minimum Gasteiger partial charge on any atom is -0.0917 e. The van der Waals surface area contributed by atoms with Crippen molar-refractivity contribution in [2.24, 2.45) is 11.8 Å². The van der Waals surface area contributed by atoms with E-state index in [1.807, 2.05) is 0 Å². The summed E-state index contributed by atoms with van der Waals surface area (Å²) in [5.74, 6) is 1.71. The average molecular weight is 140 g/mol. The van der Waals surface area contributed by atoms with Crippen molar-refractivity contribution in [2.45, 2.75) is 40.5 Å². The maximum Gasteiger partial charge on any atom is -0.0348 e. The Labute approximate surface area is 65.3 Å². The second-order valence-electron chi connectivity index (χ2n) is 3.37. The molecule has 0 amide bonds. The molecule has 0 bridgehead atoms. The van der Waals surface area contributed by atoms with Gasteiger partial charge in [-0.3, -0.25) is 0 Å². The molecule has 0 spiro atoms. The summed E-state index contributed by atoms with van der Waals surface area (Å²) >= 11 is 0. The fourth-order valence-corrected chi connectivity index (χ4v) is 0.859. The molecule has 10 heavy (non-hydrogen) atoms. The third-order valence-corrected chi connectivity index (χ3v) is 2.16. The van der Waals surface area contributed by atoms with Crippen molar-refractivity contribution in [1.29, 1.82) is 0 Å². The van der Waals surface area contributed by atoms with Crippen LogP contribution in [0.2, 0.25) is 0 Å². The number of allylic oxidation sites excluding steroid dienone is 2. The van der Waals surface area contributed by atoms with Crippen LogP contribution in [0, 0.1) is 11.8 Å². The van der Waals surface area contributed by atoms with E-state index >= 15 is 0 Å². The molecule has 0 aliphatic carbocycles. The summed E-state index contributed by atoms with van der Waals surface area (Å²) in [4.78, 5) is 0. The van der Waals surface area contributed by atoms with Gasteiger partial charge in [0, 0.05) is 0 Å². The standard InChI is InChI=1S/C10H20/c1-5-6-7-8-10(4)9(2)3/h5-6,9-10H,7-8H2,1-4H3. The predicted molar refractivity (Wildman–Crippen MR) is 48.1 cm³/mol. The Morgan fingerprint density at radius 2 is 1.80 bits per heavy atom. The van der Waals surface area contributed by atoms with Crippen molar-refractivity contribution in [3.63, 3.8) is 0 Å². The molecule has 0 aromatic heterocycles. The molecule has 1 atom stereocenters. The monoisotopic (exact) mass is 140 g/mol. The summed E-state index contributed by atoms with van der Waals surface area (Å²) in [7, 11) is 0. The topological polar surface area (TPSA) is 0 Å². The van der Waals surface area contributed by atoms with Crippen molar-refractivity contribution in [2.75, 3.05) is 0 Å². The van der Waals surface area contributed by atoms with Crippen LogP contribution in [-0.2, 0) is 0 Å². The van der Waals surface area contributed by atoms with E-state index in [-0.39, 0.29) is 0 Å². The smallest absolute Gasteiger partial charge is 0.0348 e. The largest absolute Gasteiger partial charge is 0.0917 e. The van der Waals surface area contributed by atoms with Gasteiger partial charge in [0.05, 0.1) is 0 Å². The molecule has 0 radical (unpaired) electrons. The van der Waals surface area contributed by atoms with E-state index < -0.39 is 0 Å². The summed E-state index contributed by atoms with van der Waals surface area (Å²) in [6.45, 7) is 8.99. The lowest BCUT2D eigenvalue weighted by Crippen LogP contribution is -2.02. The molecular formula is C10H20. The summed E-state index contributed by atoms with van der Waals surface area (Å²) in [6.07, 6.45) is 6.96. The Bertz CT molecular complexity index is 90.2. The lowest BCUT2D eigenvalue weighted by Gasteiger charge is -2.13. The molecular weight excluding hydrogens is 120 g/mol. The van der Waals surface area contributed by atoms with E-state index in [0.29, 0.717) is 0 Å². The molecule has 1 unspecified atom stereocenters. The molecule has 0 aliphatic rings. The zero-order chi connectivity index (χ0) is 7.98. The Morgan fingerprint density at radius 1 is 1.20 bits per heavy atom. The van der Waals surface area contributed by atoms with Gasteiger partial charge in [0.1, 0.15) is 0 Å². The second kappa shape index (κ2) is 5.52. The van der Waals surface area contributed by atoms with Gasteiger partial charge in [0.25, 0.3) is 0 Å². The van der Waals surface area contributed by atoms with Gasteiger partial charge in [0.2, 0.25) is 0 Å². The molecule has 0 aromatic carbocycles. The van der Waals surface area contributed by atoms with Crippen LogP contribution in [0.25, 0.3) is 0 Å². The van der Waals surface area contributed by atoms with Crippen molar-refractivity contribution in [3.05, 3.63) is 12.2 Å². The maximum absolute atomic E-state index is 2.33. The van der Waals surface area contributed by atoms with Gasteiger partial charge in [-0.25, -0.2) is 0 Å². The first-order valence-corrected chi connectivity index (χ1v) is 4.29. The van der Waals surface area contributed by atoms with Crippen LogP contribution in [0.1, 0.15) is 40.5 Å². The highest BCUT2D eigenvalue weighted by Gasteiger charge is 2.04. The van der Waals surface area contributed by atoms with Gasteiger partial charge in [-0.2, -0.15) is 0 Å². The first-order valence-electron chi connectivity index (χ1n) is 4.29. The van der Waals surface area contributed by atoms with Crippen LogP contribution < -0.4 is 0 Å². The van der Waals surface area contributed by atoms with Crippen LogP contribution in [0.3, 0.4) is 0 Å². The number of hydrogen-bond donors (Lipinski definition) is 0. The normalized spacial score (nSPS) is 14.9. The summed E-state index contributed by atoms with van der Waals surface area (Å²) < 4.78 is 0. The summed E-state index contributed by atoms with van der Waals surface area (Å²) in [6, 6.07) is 0. The van der Waals surface area contributed by atoms with E-state index in [9.17, 15) is 0 Å². The Morgan fingerprint density at radius 3 is 2.20 bits per heavy atom. The zero-order valence-corrected chi connectivity index (χ0v) is 7.72. The number of hydrogen-bond acceptors (Lipinski definition) is 0. The zero-order valence-electron chi connectivity index (χ0n) is 7.72. The Kier molecular flexibility index (Phi) is 5.38. The molecule has 0 saturated heterocycles. The van der Waals surface area contributed by atoms with Crippen LogP contribution in [-0.4, -0.2) is 0 Å². The first kappa shape index (κ1) is 9.74. The molecule has 0 heterocycles. The van der Waals surface area contributed by atoms with Crippen molar-refractivity contribution >= 4 is 0 Å². The molecule has 0 heteroatoms. The molecule has 0 aliphatic heterocycles. The molecule has 0 nitrogen and oxygen atoms in total. The molecule has 0 N–H and O–H groups in total. The maximum atomic E-state index is 2.33. The van der Waals surface area contributed by atoms with E-state index in [4.69, 9.17) is 0 Å².